The van der Waals surface area contributed by atoms with Crippen LogP contribution in [0.25, 0.3) is 0 Å². The molecule has 6 heteroatoms. The summed E-state index contributed by atoms with van der Waals surface area (Å²) in [5, 5.41) is 10.8. The average Bonchev–Trinajstić information content (AvgIpc) is 3.20. The molecule has 0 aliphatic carbocycles. The fourth-order valence-electron chi connectivity index (χ4n) is 3.28. The molecule has 0 spiro atoms. The molecule has 1 fully saturated rings. The number of piperidine rings is 1. The number of hydrogen-bond acceptors (Lipinski definition) is 4. The molecular formula is C20H28N4O2. The van der Waals surface area contributed by atoms with Crippen LogP contribution in [0.5, 0.6) is 5.75 Å². The molecule has 0 bridgehead atoms. The van der Waals surface area contributed by atoms with E-state index in [1.165, 1.54) is 0 Å². The van der Waals surface area contributed by atoms with Gasteiger partial charge in [-0.05, 0) is 55.6 Å². The summed E-state index contributed by atoms with van der Waals surface area (Å²) in [6, 6.07) is 9.78. The summed E-state index contributed by atoms with van der Waals surface area (Å²) in [5.41, 5.74) is 0.421. The summed E-state index contributed by atoms with van der Waals surface area (Å²) < 4.78 is 7.59. The van der Waals surface area contributed by atoms with Crippen molar-refractivity contribution >= 4 is 5.91 Å². The van der Waals surface area contributed by atoms with Crippen molar-refractivity contribution in [2.75, 3.05) is 19.7 Å². The van der Waals surface area contributed by atoms with Crippen LogP contribution in [-0.4, -0.2) is 35.4 Å². The van der Waals surface area contributed by atoms with Gasteiger partial charge in [0.05, 0.1) is 6.61 Å². The lowest BCUT2D eigenvalue weighted by atomic mass is 9.87. The quantitative estimate of drug-likeness (QED) is 0.799. The molecule has 0 radical (unpaired) electrons. The monoisotopic (exact) mass is 356 g/mol. The summed E-state index contributed by atoms with van der Waals surface area (Å²) in [7, 11) is 0. The van der Waals surface area contributed by atoms with Crippen LogP contribution in [0.2, 0.25) is 0 Å². The third-order valence-electron chi connectivity index (χ3n) is 4.73. The van der Waals surface area contributed by atoms with E-state index in [0.29, 0.717) is 19.1 Å². The van der Waals surface area contributed by atoms with Gasteiger partial charge in [0, 0.05) is 18.9 Å². The van der Waals surface area contributed by atoms with Crippen molar-refractivity contribution < 1.29 is 9.53 Å². The summed E-state index contributed by atoms with van der Waals surface area (Å²) >= 11 is 0. The third kappa shape index (κ3) is 4.25. The second-order valence-corrected chi connectivity index (χ2v) is 7.27. The van der Waals surface area contributed by atoms with Crippen molar-refractivity contribution in [1.29, 1.82) is 0 Å². The normalized spacial score (nSPS) is 16.4. The smallest absolute Gasteiger partial charge is 0.248 e. The molecule has 0 atom stereocenters. The minimum atomic E-state index is -0.611. The molecule has 2 heterocycles. The van der Waals surface area contributed by atoms with Crippen LogP contribution in [0, 0.1) is 5.92 Å². The average molecular weight is 356 g/mol. The SMILES string of the molecule is CC(C)COc1cccc(CNC(=O)C2(n3cccn3)CCNCC2)c1. The van der Waals surface area contributed by atoms with Gasteiger partial charge < -0.3 is 15.4 Å². The van der Waals surface area contributed by atoms with Gasteiger partial charge in [-0.25, -0.2) is 0 Å². The highest BCUT2D eigenvalue weighted by Crippen LogP contribution is 2.27. The number of benzene rings is 1. The standard InChI is InChI=1S/C20H28N4O2/c1-16(2)15-26-18-6-3-5-17(13-18)14-22-19(25)20(7-10-21-11-8-20)24-12-4-9-23-24/h3-6,9,12-13,16,21H,7-8,10-11,14-15H2,1-2H3,(H,22,25). The van der Waals surface area contributed by atoms with Gasteiger partial charge >= 0.3 is 0 Å². The van der Waals surface area contributed by atoms with E-state index in [1.807, 2.05) is 41.2 Å². The Morgan fingerprint density at radius 1 is 1.35 bits per heavy atom. The Balaban J connectivity index is 1.66. The van der Waals surface area contributed by atoms with Crippen molar-refractivity contribution in [1.82, 2.24) is 20.4 Å². The maximum absolute atomic E-state index is 13.1. The highest BCUT2D eigenvalue weighted by molar-refractivity contribution is 5.84. The van der Waals surface area contributed by atoms with Crippen molar-refractivity contribution in [2.24, 2.45) is 5.92 Å². The molecule has 2 N–H and O–H groups in total. The molecule has 1 aromatic carbocycles. The number of nitrogens with zero attached hydrogens (tertiary/aromatic N) is 2. The number of rotatable bonds is 7. The molecule has 140 valence electrons. The van der Waals surface area contributed by atoms with E-state index in [2.05, 4.69) is 29.6 Å². The van der Waals surface area contributed by atoms with Crippen LogP contribution >= 0.6 is 0 Å². The largest absolute Gasteiger partial charge is 0.493 e. The number of carbonyl (C=O) groups is 1. The predicted molar refractivity (Wildman–Crippen MR) is 101 cm³/mol. The lowest BCUT2D eigenvalue weighted by molar-refractivity contribution is -0.132. The lowest BCUT2D eigenvalue weighted by Crippen LogP contribution is -2.54. The first kappa shape index (κ1) is 18.5. The van der Waals surface area contributed by atoms with Crippen LogP contribution in [0.4, 0.5) is 0 Å². The minimum absolute atomic E-state index is 0.0243. The minimum Gasteiger partial charge on any atom is -0.493 e. The van der Waals surface area contributed by atoms with E-state index in [4.69, 9.17) is 4.74 Å². The summed E-state index contributed by atoms with van der Waals surface area (Å²) in [5.74, 6) is 1.34. The zero-order chi connectivity index (χ0) is 18.4. The molecule has 1 aliphatic heterocycles. The van der Waals surface area contributed by atoms with Crippen LogP contribution in [0.3, 0.4) is 0 Å². The molecule has 1 aromatic heterocycles. The van der Waals surface area contributed by atoms with Crippen LogP contribution in [0.1, 0.15) is 32.3 Å². The zero-order valence-electron chi connectivity index (χ0n) is 15.6. The van der Waals surface area contributed by atoms with Gasteiger partial charge in [-0.1, -0.05) is 26.0 Å². The fourth-order valence-corrected chi connectivity index (χ4v) is 3.28. The Hall–Kier alpha value is -2.34. The second kappa shape index (κ2) is 8.36. The number of carbonyl (C=O) groups excluding carboxylic acids is 1. The molecule has 3 rings (SSSR count). The zero-order valence-corrected chi connectivity index (χ0v) is 15.6. The van der Waals surface area contributed by atoms with Gasteiger partial charge in [-0.15, -0.1) is 0 Å². The molecule has 1 saturated heterocycles. The number of amides is 1. The summed E-state index contributed by atoms with van der Waals surface area (Å²) in [4.78, 5) is 13.1. The molecule has 0 unspecified atom stereocenters. The highest BCUT2D eigenvalue weighted by atomic mass is 16.5. The van der Waals surface area contributed by atoms with Crippen LogP contribution in [0.15, 0.2) is 42.7 Å². The topological polar surface area (TPSA) is 68.2 Å². The van der Waals surface area contributed by atoms with E-state index < -0.39 is 5.54 Å². The lowest BCUT2D eigenvalue weighted by Gasteiger charge is -2.36. The number of hydrogen-bond donors (Lipinski definition) is 2. The first-order chi connectivity index (χ1) is 12.6. The third-order valence-corrected chi connectivity index (χ3v) is 4.73. The molecule has 2 aromatic rings. The van der Waals surface area contributed by atoms with Gasteiger partial charge in [-0.2, -0.15) is 5.10 Å². The van der Waals surface area contributed by atoms with Crippen molar-refractivity contribution in [3.8, 4) is 5.75 Å². The molecule has 0 saturated carbocycles. The molecular weight excluding hydrogens is 328 g/mol. The maximum Gasteiger partial charge on any atom is 0.248 e. The molecule has 26 heavy (non-hydrogen) atoms. The summed E-state index contributed by atoms with van der Waals surface area (Å²) in [6.45, 7) is 7.03. The van der Waals surface area contributed by atoms with Crippen LogP contribution < -0.4 is 15.4 Å². The van der Waals surface area contributed by atoms with E-state index in [1.54, 1.807) is 6.20 Å². The van der Waals surface area contributed by atoms with Gasteiger partial charge in [0.25, 0.3) is 0 Å². The van der Waals surface area contributed by atoms with E-state index in [-0.39, 0.29) is 5.91 Å². The number of aromatic nitrogens is 2. The molecule has 1 aliphatic rings. The molecule has 1 amide bonds. The Kier molecular flexibility index (Phi) is 5.93. The van der Waals surface area contributed by atoms with Crippen LogP contribution in [-0.2, 0) is 16.9 Å². The van der Waals surface area contributed by atoms with Gasteiger partial charge in [0.2, 0.25) is 5.91 Å². The highest BCUT2D eigenvalue weighted by Gasteiger charge is 2.41. The Morgan fingerprint density at radius 3 is 2.85 bits per heavy atom. The van der Waals surface area contributed by atoms with Gasteiger partial charge in [-0.3, -0.25) is 9.48 Å². The Labute approximate surface area is 154 Å². The second-order valence-electron chi connectivity index (χ2n) is 7.27. The first-order valence-corrected chi connectivity index (χ1v) is 9.31. The van der Waals surface area contributed by atoms with E-state index in [0.717, 1.165) is 37.2 Å². The van der Waals surface area contributed by atoms with E-state index >= 15 is 0 Å². The van der Waals surface area contributed by atoms with Crippen molar-refractivity contribution in [3.63, 3.8) is 0 Å². The summed E-state index contributed by atoms with van der Waals surface area (Å²) in [6.07, 6.45) is 5.08. The predicted octanol–water partition coefficient (Wildman–Crippen LogP) is 2.31. The van der Waals surface area contributed by atoms with Crippen molar-refractivity contribution in [2.45, 2.75) is 38.8 Å². The first-order valence-electron chi connectivity index (χ1n) is 9.31. The maximum atomic E-state index is 13.1. The molecule has 6 nitrogen and oxygen atoms in total. The van der Waals surface area contributed by atoms with Crippen molar-refractivity contribution in [3.05, 3.63) is 48.3 Å². The fraction of sp³-hybridized carbons (Fsp3) is 0.500. The Bertz CT molecular complexity index is 706. The Morgan fingerprint density at radius 2 is 2.15 bits per heavy atom. The number of nitrogens with one attached hydrogen (secondary N) is 2. The van der Waals surface area contributed by atoms with E-state index in [9.17, 15) is 4.79 Å². The number of ether oxygens (including phenoxy) is 1. The van der Waals surface area contributed by atoms with Gasteiger partial charge in [0.1, 0.15) is 11.3 Å². The van der Waals surface area contributed by atoms with Gasteiger partial charge in [0.15, 0.2) is 0 Å².